The van der Waals surface area contributed by atoms with Crippen molar-refractivity contribution >= 4 is 23.2 Å². The normalized spacial score (nSPS) is 15.2. The van der Waals surface area contributed by atoms with Crippen LogP contribution in [-0.2, 0) is 25.7 Å². The first-order valence-electron chi connectivity index (χ1n) is 12.4. The zero-order valence-corrected chi connectivity index (χ0v) is 22.4. The molecule has 3 aromatic rings. The van der Waals surface area contributed by atoms with Crippen LogP contribution in [0.5, 0.6) is 5.75 Å². The second-order valence-corrected chi connectivity index (χ2v) is 9.20. The molecule has 7 heteroatoms. The molecule has 0 fully saturated rings. The third-order valence-corrected chi connectivity index (χ3v) is 6.68. The average molecular weight is 513 g/mol. The molecule has 3 aromatic carbocycles. The first kappa shape index (κ1) is 26.7. The molecule has 0 radical (unpaired) electrons. The Kier molecular flexibility index (Phi) is 8.26. The average Bonchev–Trinajstić information content (AvgIpc) is 3.38. The molecule has 38 heavy (non-hydrogen) atoms. The van der Waals surface area contributed by atoms with E-state index in [0.29, 0.717) is 23.3 Å². The van der Waals surface area contributed by atoms with Gasteiger partial charge in [0.05, 0.1) is 32.2 Å². The fourth-order valence-electron chi connectivity index (χ4n) is 4.47. The van der Waals surface area contributed by atoms with Gasteiger partial charge in [-0.05, 0) is 71.5 Å². The first-order chi connectivity index (χ1) is 18.3. The van der Waals surface area contributed by atoms with E-state index in [2.05, 4.69) is 37.1 Å². The third-order valence-electron chi connectivity index (χ3n) is 6.68. The lowest BCUT2D eigenvalue weighted by Gasteiger charge is -2.21. The van der Waals surface area contributed by atoms with Crippen molar-refractivity contribution in [2.24, 2.45) is 5.10 Å². The number of amides is 1. The summed E-state index contributed by atoms with van der Waals surface area (Å²) in [5, 5.41) is 6.24. The number of carbonyl (C=O) groups excluding carboxylic acids is 2. The van der Waals surface area contributed by atoms with E-state index in [-0.39, 0.29) is 18.6 Å². The lowest BCUT2D eigenvalue weighted by molar-refractivity contribution is -0.134. The van der Waals surface area contributed by atoms with Crippen LogP contribution in [0, 0.1) is 13.8 Å². The summed E-state index contributed by atoms with van der Waals surface area (Å²) >= 11 is 0. The smallest absolute Gasteiger partial charge is 0.341 e. The molecule has 0 aromatic heterocycles. The van der Waals surface area contributed by atoms with Crippen molar-refractivity contribution in [3.8, 4) is 5.75 Å². The van der Waals surface area contributed by atoms with Crippen molar-refractivity contribution < 1.29 is 23.8 Å². The van der Waals surface area contributed by atoms with Gasteiger partial charge in [0.2, 0.25) is 5.91 Å². The number of benzene rings is 3. The number of esters is 1. The van der Waals surface area contributed by atoms with E-state index < -0.39 is 5.97 Å². The lowest BCUT2D eigenvalue weighted by Crippen LogP contribution is -2.24. The van der Waals surface area contributed by atoms with E-state index in [1.54, 1.807) is 11.9 Å². The fraction of sp³-hybridized carbons (Fsp3) is 0.258. The number of hydrogen-bond donors (Lipinski definition) is 0. The summed E-state index contributed by atoms with van der Waals surface area (Å²) in [7, 11) is 2.82. The molecule has 0 saturated carbocycles. The highest BCUT2D eigenvalue weighted by atomic mass is 16.5. The van der Waals surface area contributed by atoms with Crippen LogP contribution >= 0.6 is 0 Å². The number of aryl methyl sites for hydroxylation is 2. The molecule has 0 saturated heterocycles. The molecule has 196 valence electrons. The zero-order chi connectivity index (χ0) is 27.2. The van der Waals surface area contributed by atoms with Crippen molar-refractivity contribution in [2.45, 2.75) is 39.8 Å². The van der Waals surface area contributed by atoms with Gasteiger partial charge in [0.1, 0.15) is 17.9 Å². The van der Waals surface area contributed by atoms with Crippen LogP contribution in [0.15, 0.2) is 78.1 Å². The van der Waals surface area contributed by atoms with Crippen LogP contribution in [0.2, 0.25) is 0 Å². The van der Waals surface area contributed by atoms with Gasteiger partial charge in [0, 0.05) is 13.3 Å². The zero-order valence-electron chi connectivity index (χ0n) is 22.4. The van der Waals surface area contributed by atoms with Crippen molar-refractivity contribution in [3.05, 3.63) is 106 Å². The molecule has 1 aliphatic heterocycles. The summed E-state index contributed by atoms with van der Waals surface area (Å²) < 4.78 is 16.0. The summed E-state index contributed by atoms with van der Waals surface area (Å²) in [6.45, 7) is 5.95. The van der Waals surface area contributed by atoms with Gasteiger partial charge in [-0.15, -0.1) is 0 Å². The summed E-state index contributed by atoms with van der Waals surface area (Å²) in [6, 6.07) is 21.3. The van der Waals surface area contributed by atoms with E-state index in [4.69, 9.17) is 14.2 Å². The molecule has 0 bridgehead atoms. The Hall–Kier alpha value is -4.39. The van der Waals surface area contributed by atoms with Gasteiger partial charge in [-0.2, -0.15) is 5.10 Å². The molecular weight excluding hydrogens is 480 g/mol. The molecule has 1 atom stereocenters. The van der Waals surface area contributed by atoms with E-state index in [0.717, 1.165) is 22.4 Å². The van der Waals surface area contributed by atoms with Crippen LogP contribution in [0.1, 0.15) is 52.8 Å². The standard InChI is InChI=1S/C31H32N2O5/c1-20-10-11-24(16-21(20)2)30-17-29(32-33(30)22(3)34)23-12-14-26(15-13-23)38-18-25-8-6-7-9-27(25)28(19-36-4)31(35)37-5/h6-16,19,30H,17-18H2,1-5H3/b28-19+. The molecule has 0 N–H and O–H groups in total. The number of carbonyl (C=O) groups is 2. The van der Waals surface area contributed by atoms with Crippen molar-refractivity contribution in [2.75, 3.05) is 14.2 Å². The number of ether oxygens (including phenoxy) is 3. The van der Waals surface area contributed by atoms with Crippen molar-refractivity contribution in [1.82, 2.24) is 5.01 Å². The van der Waals surface area contributed by atoms with Crippen molar-refractivity contribution in [1.29, 1.82) is 0 Å². The number of hydrogen-bond acceptors (Lipinski definition) is 6. The van der Waals surface area contributed by atoms with E-state index in [1.807, 2.05) is 48.5 Å². The third kappa shape index (κ3) is 5.78. The number of nitrogens with zero attached hydrogens (tertiary/aromatic N) is 2. The first-order valence-corrected chi connectivity index (χ1v) is 12.4. The maximum Gasteiger partial charge on any atom is 0.341 e. The predicted octanol–water partition coefficient (Wildman–Crippen LogP) is 5.74. The predicted molar refractivity (Wildman–Crippen MR) is 147 cm³/mol. The molecule has 0 aliphatic carbocycles. The minimum Gasteiger partial charge on any atom is -0.503 e. The summed E-state index contributed by atoms with van der Waals surface area (Å²) in [5.74, 6) is 0.0991. The van der Waals surface area contributed by atoms with Gasteiger partial charge in [-0.3, -0.25) is 4.79 Å². The number of rotatable bonds is 8. The highest BCUT2D eigenvalue weighted by Gasteiger charge is 2.31. The molecule has 1 unspecified atom stereocenters. The highest BCUT2D eigenvalue weighted by molar-refractivity contribution is 6.16. The van der Waals surface area contributed by atoms with Gasteiger partial charge in [0.15, 0.2) is 0 Å². The fourth-order valence-corrected chi connectivity index (χ4v) is 4.47. The van der Waals surface area contributed by atoms with Crippen LogP contribution in [0.25, 0.3) is 5.57 Å². The van der Waals surface area contributed by atoms with Gasteiger partial charge in [-0.25, -0.2) is 9.80 Å². The quantitative estimate of drug-likeness (QED) is 0.219. The summed E-state index contributed by atoms with van der Waals surface area (Å²) in [6.07, 6.45) is 2.01. The second kappa shape index (κ2) is 11.8. The lowest BCUT2D eigenvalue weighted by atomic mass is 9.96. The molecular formula is C31H32N2O5. The van der Waals surface area contributed by atoms with Crippen LogP contribution in [0.3, 0.4) is 0 Å². The Labute approximate surface area is 223 Å². The van der Waals surface area contributed by atoms with Gasteiger partial charge < -0.3 is 14.2 Å². The topological polar surface area (TPSA) is 77.4 Å². The van der Waals surface area contributed by atoms with Gasteiger partial charge in [-0.1, -0.05) is 42.5 Å². The number of methoxy groups -OCH3 is 2. The van der Waals surface area contributed by atoms with Crippen LogP contribution < -0.4 is 4.74 Å². The molecule has 7 nitrogen and oxygen atoms in total. The van der Waals surface area contributed by atoms with Gasteiger partial charge >= 0.3 is 5.97 Å². The molecule has 1 aliphatic rings. The monoisotopic (exact) mass is 512 g/mol. The summed E-state index contributed by atoms with van der Waals surface area (Å²) in [5.41, 5.74) is 7.10. The second-order valence-electron chi connectivity index (χ2n) is 9.20. The minimum absolute atomic E-state index is 0.0873. The maximum absolute atomic E-state index is 12.4. The Morgan fingerprint density at radius 1 is 1.00 bits per heavy atom. The van der Waals surface area contributed by atoms with Gasteiger partial charge in [0.25, 0.3) is 0 Å². The van der Waals surface area contributed by atoms with E-state index in [9.17, 15) is 9.59 Å². The highest BCUT2D eigenvalue weighted by Crippen LogP contribution is 2.34. The molecule has 4 rings (SSSR count). The SMILES string of the molecule is CO/C=C(/C(=O)OC)c1ccccc1COc1ccc(C2=NN(C(C)=O)C(c3ccc(C)c(C)c3)C2)cc1. The maximum atomic E-state index is 12.4. The van der Waals surface area contributed by atoms with Crippen LogP contribution in [0.4, 0.5) is 0 Å². The Balaban J connectivity index is 1.49. The number of hydrazone groups is 1. The van der Waals surface area contributed by atoms with Crippen molar-refractivity contribution in [3.63, 3.8) is 0 Å². The molecule has 1 amide bonds. The molecule has 0 spiro atoms. The van der Waals surface area contributed by atoms with Crippen LogP contribution in [-0.4, -0.2) is 36.8 Å². The minimum atomic E-state index is -0.486. The Morgan fingerprint density at radius 2 is 1.74 bits per heavy atom. The summed E-state index contributed by atoms with van der Waals surface area (Å²) in [4.78, 5) is 24.6. The van der Waals surface area contributed by atoms with E-state index >= 15 is 0 Å². The Morgan fingerprint density at radius 3 is 2.39 bits per heavy atom. The van der Waals surface area contributed by atoms with E-state index in [1.165, 1.54) is 31.6 Å². The largest absolute Gasteiger partial charge is 0.503 e. The Bertz CT molecular complexity index is 1390. The molecule has 1 heterocycles.